The van der Waals surface area contributed by atoms with Crippen molar-refractivity contribution < 1.29 is 27.2 Å². The number of benzene rings is 2. The Labute approximate surface area is 147 Å². The van der Waals surface area contributed by atoms with Gasteiger partial charge in [0.15, 0.2) is 0 Å². The van der Waals surface area contributed by atoms with Gasteiger partial charge in [-0.1, -0.05) is 30.3 Å². The molecule has 2 amide bonds. The zero-order valence-electron chi connectivity index (χ0n) is 13.5. The minimum atomic E-state index is -4.51. The summed E-state index contributed by atoms with van der Waals surface area (Å²) in [7, 11) is 0. The van der Waals surface area contributed by atoms with Crippen LogP contribution in [0.4, 0.5) is 17.6 Å². The van der Waals surface area contributed by atoms with Gasteiger partial charge in [-0.15, -0.1) is 0 Å². The van der Waals surface area contributed by atoms with Crippen LogP contribution in [0.2, 0.25) is 0 Å². The quantitative estimate of drug-likeness (QED) is 0.770. The second-order valence-corrected chi connectivity index (χ2v) is 5.73. The number of halogens is 4. The molecule has 0 aliphatic carbocycles. The molecule has 0 spiro atoms. The second kappa shape index (κ2) is 7.99. The van der Waals surface area contributed by atoms with Crippen molar-refractivity contribution in [3.63, 3.8) is 0 Å². The molecule has 3 N–H and O–H groups in total. The highest BCUT2D eigenvalue weighted by molar-refractivity contribution is 5.87. The van der Waals surface area contributed by atoms with Crippen LogP contribution in [0, 0.1) is 5.82 Å². The van der Waals surface area contributed by atoms with Gasteiger partial charge in [0.25, 0.3) is 0 Å². The van der Waals surface area contributed by atoms with Crippen LogP contribution in [0.25, 0.3) is 0 Å². The molecule has 0 bridgehead atoms. The number of nitrogens with two attached hydrogens (primary N) is 1. The van der Waals surface area contributed by atoms with Crippen LogP contribution < -0.4 is 11.1 Å². The molecule has 0 unspecified atom stereocenters. The van der Waals surface area contributed by atoms with Crippen molar-refractivity contribution in [1.82, 2.24) is 5.32 Å². The summed E-state index contributed by atoms with van der Waals surface area (Å²) in [6.07, 6.45) is -4.80. The van der Waals surface area contributed by atoms with Crippen LogP contribution in [0.3, 0.4) is 0 Å². The first-order chi connectivity index (χ1) is 12.1. The van der Waals surface area contributed by atoms with E-state index in [1.807, 2.05) is 0 Å². The molecule has 0 saturated carbocycles. The first-order valence-corrected chi connectivity index (χ1v) is 7.64. The third kappa shape index (κ3) is 5.58. The van der Waals surface area contributed by atoms with E-state index in [4.69, 9.17) is 5.73 Å². The highest BCUT2D eigenvalue weighted by Gasteiger charge is 2.30. The van der Waals surface area contributed by atoms with E-state index in [0.29, 0.717) is 5.56 Å². The average molecular weight is 368 g/mol. The van der Waals surface area contributed by atoms with Crippen LogP contribution in [0.1, 0.15) is 16.7 Å². The lowest BCUT2D eigenvalue weighted by Crippen LogP contribution is -2.46. The van der Waals surface area contributed by atoms with Crippen LogP contribution in [0.5, 0.6) is 0 Å². The number of carbonyl (C=O) groups excluding carboxylic acids is 2. The molecule has 0 heterocycles. The van der Waals surface area contributed by atoms with Gasteiger partial charge >= 0.3 is 6.18 Å². The molecule has 2 aromatic rings. The Bertz CT molecular complexity index is 789. The number of alkyl halides is 3. The van der Waals surface area contributed by atoms with E-state index in [1.54, 1.807) is 0 Å². The minimum absolute atomic E-state index is 0.118. The van der Waals surface area contributed by atoms with Crippen LogP contribution in [-0.4, -0.2) is 17.9 Å². The lowest BCUT2D eigenvalue weighted by Gasteiger charge is -2.16. The van der Waals surface area contributed by atoms with Gasteiger partial charge in [-0.2, -0.15) is 13.2 Å². The van der Waals surface area contributed by atoms with E-state index >= 15 is 0 Å². The van der Waals surface area contributed by atoms with Gasteiger partial charge in [0.2, 0.25) is 11.8 Å². The highest BCUT2D eigenvalue weighted by Crippen LogP contribution is 2.29. The Morgan fingerprint density at radius 3 is 2.27 bits per heavy atom. The molecule has 0 aliphatic heterocycles. The lowest BCUT2D eigenvalue weighted by molar-refractivity contribution is -0.137. The van der Waals surface area contributed by atoms with Crippen molar-refractivity contribution in [3.05, 3.63) is 71.0 Å². The van der Waals surface area contributed by atoms with E-state index in [2.05, 4.69) is 5.32 Å². The smallest absolute Gasteiger partial charge is 0.368 e. The van der Waals surface area contributed by atoms with Gasteiger partial charge in [-0.05, 0) is 29.3 Å². The van der Waals surface area contributed by atoms with Gasteiger partial charge in [0.1, 0.15) is 11.9 Å². The third-order valence-electron chi connectivity index (χ3n) is 3.65. The summed E-state index contributed by atoms with van der Waals surface area (Å²) in [5.41, 5.74) is 5.13. The number of nitrogens with one attached hydrogen (secondary N) is 1. The monoisotopic (exact) mass is 368 g/mol. The molecule has 8 heteroatoms. The van der Waals surface area contributed by atoms with Gasteiger partial charge in [0, 0.05) is 6.42 Å². The molecular weight excluding hydrogens is 352 g/mol. The Hall–Kier alpha value is -2.90. The predicted octanol–water partition coefficient (Wildman–Crippen LogP) is 2.60. The Balaban J connectivity index is 2.06. The summed E-state index contributed by atoms with van der Waals surface area (Å²) < 4.78 is 51.1. The second-order valence-electron chi connectivity index (χ2n) is 5.73. The SMILES string of the molecule is NC(=O)[C@H](Cc1cccc(C(F)(F)F)c1)NC(=O)Cc1ccc(F)cc1. The summed E-state index contributed by atoms with van der Waals surface area (Å²) >= 11 is 0. The van der Waals surface area contributed by atoms with E-state index < -0.39 is 35.4 Å². The Kier molecular flexibility index (Phi) is 5.97. The third-order valence-corrected chi connectivity index (χ3v) is 3.65. The Morgan fingerprint density at radius 1 is 1.04 bits per heavy atom. The summed E-state index contributed by atoms with van der Waals surface area (Å²) in [6.45, 7) is 0. The minimum Gasteiger partial charge on any atom is -0.368 e. The zero-order valence-corrected chi connectivity index (χ0v) is 13.5. The van der Waals surface area contributed by atoms with E-state index in [-0.39, 0.29) is 18.4 Å². The topological polar surface area (TPSA) is 72.2 Å². The summed E-state index contributed by atoms with van der Waals surface area (Å²) in [5, 5.41) is 2.40. The van der Waals surface area contributed by atoms with Crippen molar-refractivity contribution in [2.75, 3.05) is 0 Å². The van der Waals surface area contributed by atoms with Gasteiger partial charge in [-0.3, -0.25) is 9.59 Å². The van der Waals surface area contributed by atoms with Gasteiger partial charge in [0.05, 0.1) is 12.0 Å². The highest BCUT2D eigenvalue weighted by atomic mass is 19.4. The molecule has 2 aromatic carbocycles. The molecule has 0 fully saturated rings. The van der Waals surface area contributed by atoms with E-state index in [9.17, 15) is 27.2 Å². The molecule has 1 atom stereocenters. The molecule has 0 aromatic heterocycles. The van der Waals surface area contributed by atoms with Crippen molar-refractivity contribution in [1.29, 1.82) is 0 Å². The van der Waals surface area contributed by atoms with Crippen LogP contribution in [0.15, 0.2) is 48.5 Å². The van der Waals surface area contributed by atoms with Crippen LogP contribution >= 0.6 is 0 Å². The van der Waals surface area contributed by atoms with Crippen molar-refractivity contribution in [2.45, 2.75) is 25.1 Å². The lowest BCUT2D eigenvalue weighted by atomic mass is 10.0. The largest absolute Gasteiger partial charge is 0.416 e. The summed E-state index contributed by atoms with van der Waals surface area (Å²) in [4.78, 5) is 23.6. The predicted molar refractivity (Wildman–Crippen MR) is 86.4 cm³/mol. The van der Waals surface area contributed by atoms with Gasteiger partial charge in [-0.25, -0.2) is 4.39 Å². The fourth-order valence-corrected chi connectivity index (χ4v) is 2.37. The summed E-state index contributed by atoms with van der Waals surface area (Å²) in [5.74, 6) is -1.86. The fraction of sp³-hybridized carbons (Fsp3) is 0.222. The number of hydrogen-bond donors (Lipinski definition) is 2. The van der Waals surface area contributed by atoms with Crippen molar-refractivity contribution in [2.24, 2.45) is 5.73 Å². The van der Waals surface area contributed by atoms with E-state index in [1.165, 1.54) is 36.4 Å². The molecule has 4 nitrogen and oxygen atoms in total. The van der Waals surface area contributed by atoms with E-state index in [0.717, 1.165) is 12.1 Å². The first kappa shape index (κ1) is 19.4. The Morgan fingerprint density at radius 2 is 1.69 bits per heavy atom. The molecule has 0 radical (unpaired) electrons. The molecular formula is C18H16F4N2O2. The maximum Gasteiger partial charge on any atom is 0.416 e. The molecule has 26 heavy (non-hydrogen) atoms. The van der Waals surface area contributed by atoms with Crippen LogP contribution in [-0.2, 0) is 28.6 Å². The van der Waals surface area contributed by atoms with Crippen molar-refractivity contribution in [3.8, 4) is 0 Å². The summed E-state index contributed by atoms with van der Waals surface area (Å²) in [6, 6.07) is 8.51. The van der Waals surface area contributed by atoms with Crippen molar-refractivity contribution >= 4 is 11.8 Å². The normalized spacial score (nSPS) is 12.5. The molecule has 0 saturated heterocycles. The first-order valence-electron chi connectivity index (χ1n) is 7.64. The fourth-order valence-electron chi connectivity index (χ4n) is 2.37. The van der Waals surface area contributed by atoms with Gasteiger partial charge < -0.3 is 11.1 Å². The molecule has 0 aliphatic rings. The molecule has 138 valence electrons. The number of rotatable bonds is 6. The maximum atomic E-state index is 12.9. The maximum absolute atomic E-state index is 12.9. The number of carbonyl (C=O) groups is 2. The standard InChI is InChI=1S/C18H16F4N2O2/c19-14-6-4-11(5-7-14)10-16(25)24-15(17(23)26)9-12-2-1-3-13(8-12)18(20,21)22/h1-8,15H,9-10H2,(H2,23,26)(H,24,25)/t15-/m0/s1. The number of amides is 2. The number of primary amides is 1. The molecule has 2 rings (SSSR count). The zero-order chi connectivity index (χ0) is 19.3. The number of hydrogen-bond acceptors (Lipinski definition) is 2. The average Bonchev–Trinajstić information content (AvgIpc) is 2.56.